The van der Waals surface area contributed by atoms with Crippen LogP contribution in [0, 0.1) is 0 Å². The van der Waals surface area contributed by atoms with Crippen LogP contribution in [-0.2, 0) is 12.8 Å². The summed E-state index contributed by atoms with van der Waals surface area (Å²) in [6.45, 7) is 1.07. The van der Waals surface area contributed by atoms with E-state index in [1.54, 1.807) is 19.2 Å². The molecule has 1 heterocycles. The van der Waals surface area contributed by atoms with Crippen LogP contribution in [0.2, 0.25) is 0 Å². The van der Waals surface area contributed by atoms with Gasteiger partial charge in [-0.15, -0.1) is 0 Å². The Kier molecular flexibility index (Phi) is 4.41. The maximum absolute atomic E-state index is 10.2. The van der Waals surface area contributed by atoms with Gasteiger partial charge < -0.3 is 19.4 Å². The van der Waals surface area contributed by atoms with Gasteiger partial charge in [-0.2, -0.15) is 0 Å². The van der Waals surface area contributed by atoms with Crippen LogP contribution in [0.4, 0.5) is 0 Å². The highest BCUT2D eigenvalue weighted by atomic mass is 16.5. The van der Waals surface area contributed by atoms with Crippen LogP contribution in [0.3, 0.4) is 0 Å². The number of quaternary nitrogens is 1. The number of methoxy groups -OCH3 is 1. The number of hydrogen-bond acceptors (Lipinski definition) is 3. The fraction of sp³-hybridized carbons (Fsp3) is 0.400. The predicted molar refractivity (Wildman–Crippen MR) is 94.5 cm³/mol. The van der Waals surface area contributed by atoms with E-state index < -0.39 is 0 Å². The van der Waals surface area contributed by atoms with Crippen LogP contribution in [-0.4, -0.2) is 42.4 Å². The van der Waals surface area contributed by atoms with E-state index in [-0.39, 0.29) is 5.75 Å². The van der Waals surface area contributed by atoms with Crippen LogP contribution in [0.15, 0.2) is 36.4 Å². The summed E-state index contributed by atoms with van der Waals surface area (Å²) in [6.07, 6.45) is 2.93. The smallest absolute Gasteiger partial charge is 0.160 e. The zero-order chi connectivity index (χ0) is 17.3. The fourth-order valence-corrected chi connectivity index (χ4v) is 3.73. The molecule has 128 valence electrons. The molecule has 2 aromatic rings. The molecule has 4 heteroatoms. The fourth-order valence-electron chi connectivity index (χ4n) is 3.73. The lowest BCUT2D eigenvalue weighted by molar-refractivity contribution is -0.923. The first-order valence-electron chi connectivity index (χ1n) is 8.41. The van der Waals surface area contributed by atoms with E-state index in [1.165, 1.54) is 16.7 Å². The lowest BCUT2D eigenvalue weighted by Crippen LogP contribution is -2.48. The number of benzene rings is 2. The molecule has 4 nitrogen and oxygen atoms in total. The van der Waals surface area contributed by atoms with Crippen molar-refractivity contribution in [3.8, 4) is 17.2 Å². The van der Waals surface area contributed by atoms with E-state index in [0.717, 1.165) is 30.3 Å². The van der Waals surface area contributed by atoms with E-state index >= 15 is 0 Å². The van der Waals surface area contributed by atoms with Gasteiger partial charge in [-0.05, 0) is 41.8 Å². The Bertz CT molecular complexity index is 722. The molecule has 0 radical (unpaired) electrons. The Morgan fingerprint density at radius 2 is 1.83 bits per heavy atom. The first kappa shape index (κ1) is 16.7. The number of likely N-dealkylation sites (N-methyl/N-ethyl adjacent to an activating group) is 1. The molecule has 1 aliphatic heterocycles. The second-order valence-electron chi connectivity index (χ2n) is 7.20. The van der Waals surface area contributed by atoms with Crippen molar-refractivity contribution in [2.75, 3.05) is 27.7 Å². The normalized spacial score (nSPS) is 18.9. The van der Waals surface area contributed by atoms with Crippen molar-refractivity contribution in [3.05, 3.63) is 53.1 Å². The van der Waals surface area contributed by atoms with E-state index in [1.807, 2.05) is 24.3 Å². The van der Waals surface area contributed by atoms with Crippen molar-refractivity contribution < 1.29 is 19.4 Å². The number of aryl methyl sites for hydroxylation is 1. The number of aromatic hydroxyl groups is 2. The lowest BCUT2D eigenvalue weighted by atomic mass is 9.87. The van der Waals surface area contributed by atoms with Crippen molar-refractivity contribution >= 4 is 0 Å². The monoisotopic (exact) mass is 328 g/mol. The molecule has 1 atom stereocenters. The van der Waals surface area contributed by atoms with E-state index in [2.05, 4.69) is 14.1 Å². The summed E-state index contributed by atoms with van der Waals surface area (Å²) in [5.41, 5.74) is 3.72. The standard InChI is InChI=1S/C20H25NO3/c1-21(2)11-10-15-12-20(24-3)19(23)13-17(15)18(21)9-6-14-4-7-16(22)8-5-14/h4-5,7-8,12-13,18H,6,9-11H2,1-3H3,(H-,22,23)/p+1. The van der Waals surface area contributed by atoms with Crippen LogP contribution < -0.4 is 4.74 Å². The van der Waals surface area contributed by atoms with Crippen LogP contribution in [0.5, 0.6) is 17.2 Å². The number of rotatable bonds is 4. The van der Waals surface area contributed by atoms with Crippen LogP contribution in [0.1, 0.15) is 29.2 Å². The second kappa shape index (κ2) is 6.36. The molecule has 1 aliphatic rings. The van der Waals surface area contributed by atoms with Gasteiger partial charge >= 0.3 is 0 Å². The van der Waals surface area contributed by atoms with Crippen LogP contribution >= 0.6 is 0 Å². The molecule has 2 aromatic carbocycles. The SMILES string of the molecule is COc1cc2c(cc1O)C(CCc1ccc(O)cc1)[N+](C)(C)CC2. The van der Waals surface area contributed by atoms with E-state index in [0.29, 0.717) is 17.5 Å². The zero-order valence-corrected chi connectivity index (χ0v) is 14.6. The van der Waals surface area contributed by atoms with Gasteiger partial charge in [0.05, 0.1) is 27.7 Å². The van der Waals surface area contributed by atoms with E-state index in [4.69, 9.17) is 4.74 Å². The van der Waals surface area contributed by atoms with Gasteiger partial charge in [-0.25, -0.2) is 0 Å². The van der Waals surface area contributed by atoms with Gasteiger partial charge in [0, 0.05) is 18.4 Å². The van der Waals surface area contributed by atoms with Crippen molar-refractivity contribution in [2.24, 2.45) is 0 Å². The maximum Gasteiger partial charge on any atom is 0.160 e. The predicted octanol–water partition coefficient (Wildman–Crippen LogP) is 3.41. The molecule has 24 heavy (non-hydrogen) atoms. The summed E-state index contributed by atoms with van der Waals surface area (Å²) in [4.78, 5) is 0. The van der Waals surface area contributed by atoms with Gasteiger partial charge in [0.15, 0.2) is 11.5 Å². The molecule has 2 N–H and O–H groups in total. The molecular weight excluding hydrogens is 302 g/mol. The Morgan fingerprint density at radius 1 is 1.12 bits per heavy atom. The minimum absolute atomic E-state index is 0.216. The summed E-state index contributed by atoms with van der Waals surface area (Å²) in [5.74, 6) is 1.07. The summed E-state index contributed by atoms with van der Waals surface area (Å²) in [6, 6.07) is 11.6. The van der Waals surface area contributed by atoms with Gasteiger partial charge in [-0.3, -0.25) is 0 Å². The van der Waals surface area contributed by atoms with Crippen molar-refractivity contribution in [1.29, 1.82) is 0 Å². The number of hydrogen-bond donors (Lipinski definition) is 2. The zero-order valence-electron chi connectivity index (χ0n) is 14.6. The number of fused-ring (bicyclic) bond motifs is 1. The average Bonchev–Trinajstić information content (AvgIpc) is 2.55. The van der Waals surface area contributed by atoms with Gasteiger partial charge in [-0.1, -0.05) is 12.1 Å². The minimum Gasteiger partial charge on any atom is -0.508 e. The number of phenols is 2. The third kappa shape index (κ3) is 3.20. The number of nitrogens with zero attached hydrogens (tertiary/aromatic N) is 1. The molecule has 0 saturated heterocycles. The van der Waals surface area contributed by atoms with Crippen molar-refractivity contribution in [1.82, 2.24) is 0 Å². The Labute approximate surface area is 143 Å². The van der Waals surface area contributed by atoms with Crippen LogP contribution in [0.25, 0.3) is 0 Å². The minimum atomic E-state index is 0.216. The average molecular weight is 328 g/mol. The molecule has 0 aromatic heterocycles. The molecule has 0 saturated carbocycles. The summed E-state index contributed by atoms with van der Waals surface area (Å²) in [5, 5.41) is 19.6. The Morgan fingerprint density at radius 3 is 2.50 bits per heavy atom. The van der Waals surface area contributed by atoms with E-state index in [9.17, 15) is 10.2 Å². The molecule has 0 spiro atoms. The molecular formula is C20H26NO3+. The molecule has 0 aliphatic carbocycles. The summed E-state index contributed by atoms with van der Waals surface area (Å²) >= 11 is 0. The molecule has 0 amide bonds. The van der Waals surface area contributed by atoms with Gasteiger partial charge in [0.1, 0.15) is 11.8 Å². The highest BCUT2D eigenvalue weighted by molar-refractivity contribution is 5.48. The molecule has 0 bridgehead atoms. The lowest BCUT2D eigenvalue weighted by Gasteiger charge is -2.43. The highest BCUT2D eigenvalue weighted by Crippen LogP contribution is 2.41. The van der Waals surface area contributed by atoms with Gasteiger partial charge in [0.25, 0.3) is 0 Å². The third-order valence-corrected chi connectivity index (χ3v) is 5.24. The van der Waals surface area contributed by atoms with Gasteiger partial charge in [0.2, 0.25) is 0 Å². The molecule has 1 unspecified atom stereocenters. The molecule has 0 fully saturated rings. The Hall–Kier alpha value is -2.20. The van der Waals surface area contributed by atoms with Crippen molar-refractivity contribution in [3.63, 3.8) is 0 Å². The number of ether oxygens (including phenoxy) is 1. The highest BCUT2D eigenvalue weighted by Gasteiger charge is 2.36. The quantitative estimate of drug-likeness (QED) is 0.846. The maximum atomic E-state index is 10.2. The Balaban J connectivity index is 1.88. The third-order valence-electron chi connectivity index (χ3n) is 5.24. The largest absolute Gasteiger partial charge is 0.508 e. The topological polar surface area (TPSA) is 49.7 Å². The summed E-state index contributed by atoms with van der Waals surface area (Å²) < 4.78 is 6.17. The summed E-state index contributed by atoms with van der Waals surface area (Å²) in [7, 11) is 6.10. The second-order valence-corrected chi connectivity index (χ2v) is 7.20. The first-order valence-corrected chi connectivity index (χ1v) is 8.41. The first-order chi connectivity index (χ1) is 11.4. The molecule has 3 rings (SSSR count). The number of phenolic OH excluding ortho intramolecular Hbond substituents is 2. The van der Waals surface area contributed by atoms with Crippen molar-refractivity contribution in [2.45, 2.75) is 25.3 Å².